The topological polar surface area (TPSA) is 70.3 Å². The number of benzene rings is 1. The minimum Gasteiger partial charge on any atom is -0.494 e. The van der Waals surface area contributed by atoms with Crippen LogP contribution in [0.3, 0.4) is 0 Å². The van der Waals surface area contributed by atoms with Gasteiger partial charge in [0.15, 0.2) is 0 Å². The molecule has 0 bridgehead atoms. The van der Waals surface area contributed by atoms with Gasteiger partial charge in [-0.05, 0) is 31.2 Å². The summed E-state index contributed by atoms with van der Waals surface area (Å²) in [4.78, 5) is 7.88. The molecule has 0 saturated carbocycles. The van der Waals surface area contributed by atoms with Crippen LogP contribution in [0.2, 0.25) is 0 Å². The van der Waals surface area contributed by atoms with E-state index in [0.29, 0.717) is 24.1 Å². The lowest BCUT2D eigenvalue weighted by atomic mass is 10.3. The minimum absolute atomic E-state index is 0.327. The molecule has 5 heteroatoms. The molecule has 0 fully saturated rings. The van der Waals surface area contributed by atoms with Crippen LogP contribution in [0, 0.1) is 0 Å². The van der Waals surface area contributed by atoms with Crippen molar-refractivity contribution in [1.29, 1.82) is 0 Å². The van der Waals surface area contributed by atoms with Gasteiger partial charge in [-0.2, -0.15) is 4.98 Å². The standard InChI is InChI=1S/C12H13N3O2/c1-2-16-9-3-5-10(6-4-9)17-12-8-14-7-11(13)15-12/h3-8H,2H2,1H3,(H2,13,15). The summed E-state index contributed by atoms with van der Waals surface area (Å²) in [5.74, 6) is 2.16. The van der Waals surface area contributed by atoms with E-state index in [9.17, 15) is 0 Å². The molecule has 2 N–H and O–H groups in total. The van der Waals surface area contributed by atoms with Gasteiger partial charge in [-0.3, -0.25) is 4.98 Å². The highest BCUT2D eigenvalue weighted by Crippen LogP contribution is 2.22. The van der Waals surface area contributed by atoms with Crippen LogP contribution in [0.4, 0.5) is 5.82 Å². The van der Waals surface area contributed by atoms with Crippen LogP contribution in [0.25, 0.3) is 0 Å². The maximum absolute atomic E-state index is 5.50. The zero-order chi connectivity index (χ0) is 12.1. The number of nitrogens with two attached hydrogens (primary N) is 1. The van der Waals surface area contributed by atoms with Crippen molar-refractivity contribution < 1.29 is 9.47 Å². The van der Waals surface area contributed by atoms with Gasteiger partial charge in [0.05, 0.1) is 19.0 Å². The molecule has 0 spiro atoms. The van der Waals surface area contributed by atoms with Gasteiger partial charge in [-0.1, -0.05) is 0 Å². The number of hydrogen-bond donors (Lipinski definition) is 1. The first kappa shape index (κ1) is 11.2. The Bertz CT molecular complexity index is 485. The fourth-order valence-electron chi connectivity index (χ4n) is 1.30. The summed E-state index contributed by atoms with van der Waals surface area (Å²) < 4.78 is 10.8. The lowest BCUT2D eigenvalue weighted by molar-refractivity contribution is 0.339. The molecule has 17 heavy (non-hydrogen) atoms. The summed E-state index contributed by atoms with van der Waals surface area (Å²) >= 11 is 0. The highest BCUT2D eigenvalue weighted by Gasteiger charge is 2.00. The van der Waals surface area contributed by atoms with E-state index in [0.717, 1.165) is 5.75 Å². The third kappa shape index (κ3) is 3.07. The highest BCUT2D eigenvalue weighted by atomic mass is 16.5. The molecule has 0 saturated heterocycles. The first-order chi connectivity index (χ1) is 8.28. The average Bonchev–Trinajstić information content (AvgIpc) is 2.32. The lowest BCUT2D eigenvalue weighted by Crippen LogP contribution is -1.95. The lowest BCUT2D eigenvalue weighted by Gasteiger charge is -2.06. The van der Waals surface area contributed by atoms with E-state index in [1.807, 2.05) is 19.1 Å². The van der Waals surface area contributed by atoms with E-state index in [1.165, 1.54) is 12.4 Å². The highest BCUT2D eigenvalue weighted by molar-refractivity contribution is 5.34. The SMILES string of the molecule is CCOc1ccc(Oc2cncc(N)n2)cc1. The number of hydrogen-bond acceptors (Lipinski definition) is 5. The smallest absolute Gasteiger partial charge is 0.239 e. The number of rotatable bonds is 4. The molecule has 2 rings (SSSR count). The van der Waals surface area contributed by atoms with E-state index in [-0.39, 0.29) is 0 Å². The van der Waals surface area contributed by atoms with Crippen LogP contribution in [0.1, 0.15) is 6.92 Å². The third-order valence-electron chi connectivity index (χ3n) is 1.99. The second kappa shape index (κ2) is 5.16. The summed E-state index contributed by atoms with van der Waals surface area (Å²) in [5, 5.41) is 0. The van der Waals surface area contributed by atoms with Gasteiger partial charge >= 0.3 is 0 Å². The summed E-state index contributed by atoms with van der Waals surface area (Å²) in [5.41, 5.74) is 5.50. The van der Waals surface area contributed by atoms with Crippen molar-refractivity contribution in [2.45, 2.75) is 6.92 Å². The first-order valence-corrected chi connectivity index (χ1v) is 5.26. The first-order valence-electron chi connectivity index (χ1n) is 5.26. The minimum atomic E-state index is 0.327. The largest absolute Gasteiger partial charge is 0.494 e. The summed E-state index contributed by atoms with van der Waals surface area (Å²) in [7, 11) is 0. The molecule has 0 amide bonds. The van der Waals surface area contributed by atoms with Gasteiger partial charge in [0, 0.05) is 0 Å². The predicted molar refractivity (Wildman–Crippen MR) is 64.1 cm³/mol. The maximum atomic E-state index is 5.50. The van der Waals surface area contributed by atoms with Crippen LogP contribution >= 0.6 is 0 Å². The van der Waals surface area contributed by atoms with Gasteiger partial charge in [0.2, 0.25) is 5.88 Å². The van der Waals surface area contributed by atoms with Gasteiger partial charge in [0.1, 0.15) is 17.3 Å². The molecule has 0 unspecified atom stereocenters. The Morgan fingerprint density at radius 2 is 1.82 bits per heavy atom. The van der Waals surface area contributed by atoms with Crippen LogP contribution in [0.15, 0.2) is 36.7 Å². The van der Waals surface area contributed by atoms with Crippen LogP contribution in [-0.2, 0) is 0 Å². The van der Waals surface area contributed by atoms with Crippen molar-refractivity contribution in [1.82, 2.24) is 9.97 Å². The molecule has 1 heterocycles. The maximum Gasteiger partial charge on any atom is 0.239 e. The average molecular weight is 231 g/mol. The second-order valence-electron chi connectivity index (χ2n) is 3.29. The number of nitrogens with zero attached hydrogens (tertiary/aromatic N) is 2. The zero-order valence-corrected chi connectivity index (χ0v) is 9.46. The number of ether oxygens (including phenoxy) is 2. The molecular formula is C12H13N3O2. The van der Waals surface area contributed by atoms with Gasteiger partial charge in [0.25, 0.3) is 0 Å². The monoisotopic (exact) mass is 231 g/mol. The van der Waals surface area contributed by atoms with E-state index >= 15 is 0 Å². The fraction of sp³-hybridized carbons (Fsp3) is 0.167. The molecule has 0 aliphatic carbocycles. The summed E-state index contributed by atoms with van der Waals surface area (Å²) in [6, 6.07) is 7.27. The summed E-state index contributed by atoms with van der Waals surface area (Å²) in [6.45, 7) is 2.58. The Kier molecular flexibility index (Phi) is 3.40. The normalized spacial score (nSPS) is 9.94. The quantitative estimate of drug-likeness (QED) is 0.873. The van der Waals surface area contributed by atoms with E-state index in [2.05, 4.69) is 9.97 Å². The Hall–Kier alpha value is -2.30. The van der Waals surface area contributed by atoms with E-state index in [1.54, 1.807) is 12.1 Å². The van der Waals surface area contributed by atoms with Crippen molar-refractivity contribution in [3.63, 3.8) is 0 Å². The Morgan fingerprint density at radius 1 is 1.12 bits per heavy atom. The molecular weight excluding hydrogens is 218 g/mol. The van der Waals surface area contributed by atoms with Gasteiger partial charge < -0.3 is 15.2 Å². The number of aromatic nitrogens is 2. The molecule has 5 nitrogen and oxygen atoms in total. The Labute approximate surface area is 99.2 Å². The molecule has 88 valence electrons. The predicted octanol–water partition coefficient (Wildman–Crippen LogP) is 2.25. The summed E-state index contributed by atoms with van der Waals surface area (Å²) in [6.07, 6.45) is 2.97. The van der Waals surface area contributed by atoms with E-state index < -0.39 is 0 Å². The third-order valence-corrected chi connectivity index (χ3v) is 1.99. The fourth-order valence-corrected chi connectivity index (χ4v) is 1.30. The molecule has 2 aromatic rings. The molecule has 0 atom stereocenters. The zero-order valence-electron chi connectivity index (χ0n) is 9.46. The molecule has 1 aromatic carbocycles. The van der Waals surface area contributed by atoms with Crippen molar-refractivity contribution in [2.75, 3.05) is 12.3 Å². The molecule has 0 aliphatic heterocycles. The van der Waals surface area contributed by atoms with Gasteiger partial charge in [-0.15, -0.1) is 0 Å². The van der Waals surface area contributed by atoms with Crippen LogP contribution < -0.4 is 15.2 Å². The second-order valence-corrected chi connectivity index (χ2v) is 3.29. The Morgan fingerprint density at radius 3 is 2.47 bits per heavy atom. The van der Waals surface area contributed by atoms with Gasteiger partial charge in [-0.25, -0.2) is 0 Å². The number of anilines is 1. The van der Waals surface area contributed by atoms with Crippen molar-refractivity contribution in [3.8, 4) is 17.4 Å². The molecule has 0 aliphatic rings. The van der Waals surface area contributed by atoms with E-state index in [4.69, 9.17) is 15.2 Å². The van der Waals surface area contributed by atoms with Crippen molar-refractivity contribution in [3.05, 3.63) is 36.7 Å². The Balaban J connectivity index is 2.08. The van der Waals surface area contributed by atoms with Crippen LogP contribution in [-0.4, -0.2) is 16.6 Å². The van der Waals surface area contributed by atoms with Crippen molar-refractivity contribution in [2.24, 2.45) is 0 Å². The molecule has 1 aromatic heterocycles. The van der Waals surface area contributed by atoms with Crippen molar-refractivity contribution >= 4 is 5.82 Å². The van der Waals surface area contributed by atoms with Crippen LogP contribution in [0.5, 0.6) is 17.4 Å². The number of nitrogen functional groups attached to an aromatic ring is 1. The molecule has 0 radical (unpaired) electrons.